The van der Waals surface area contributed by atoms with Gasteiger partial charge in [-0.05, 0) is 30.5 Å². The number of hydrogen-bond donors (Lipinski definition) is 2. The molecule has 0 saturated heterocycles. The molecule has 6 nitrogen and oxygen atoms in total. The van der Waals surface area contributed by atoms with Crippen molar-refractivity contribution in [3.8, 4) is 0 Å². The highest BCUT2D eigenvalue weighted by Crippen LogP contribution is 2.18. The minimum Gasteiger partial charge on any atom is -0.478 e. The quantitative estimate of drug-likeness (QED) is 0.691. The van der Waals surface area contributed by atoms with Gasteiger partial charge in [0, 0.05) is 29.4 Å². The number of hydrogen-bond acceptors (Lipinski definition) is 4. The lowest BCUT2D eigenvalue weighted by molar-refractivity contribution is 0.0696. The van der Waals surface area contributed by atoms with Gasteiger partial charge in [0.2, 0.25) is 10.0 Å². The molecule has 0 fully saturated rings. The molecule has 21 heavy (non-hydrogen) atoms. The van der Waals surface area contributed by atoms with Crippen LogP contribution in [0.25, 0.3) is 0 Å². The molecular weight excluding hydrogens is 314 g/mol. The van der Waals surface area contributed by atoms with Crippen LogP contribution < -0.4 is 4.72 Å². The largest absolute Gasteiger partial charge is 0.478 e. The van der Waals surface area contributed by atoms with E-state index in [0.29, 0.717) is 24.2 Å². The summed E-state index contributed by atoms with van der Waals surface area (Å²) in [5.74, 6) is -0.756. The van der Waals surface area contributed by atoms with Gasteiger partial charge in [0.15, 0.2) is 0 Å². The summed E-state index contributed by atoms with van der Waals surface area (Å²) in [5.41, 5.74) is 0.494. The van der Waals surface area contributed by atoms with E-state index in [1.807, 2.05) is 0 Å². The highest BCUT2D eigenvalue weighted by atomic mass is 32.2. The lowest BCUT2D eigenvalue weighted by Gasteiger charge is -2.11. The fraction of sp³-hybridized carbons (Fsp3) is 0.462. The van der Waals surface area contributed by atoms with E-state index < -0.39 is 26.8 Å². The minimum absolute atomic E-state index is 0.0116. The average molecular weight is 333 g/mol. The third-order valence-corrected chi connectivity index (χ3v) is 5.29. The molecule has 0 spiro atoms. The number of carbonyl (C=O) groups is 1. The molecular formula is C13H19NO5S2. The molecule has 0 aliphatic rings. The highest BCUT2D eigenvalue weighted by Gasteiger charge is 2.19. The Morgan fingerprint density at radius 3 is 2.57 bits per heavy atom. The van der Waals surface area contributed by atoms with Crippen LogP contribution in [-0.4, -0.2) is 42.3 Å². The monoisotopic (exact) mass is 333 g/mol. The van der Waals surface area contributed by atoms with E-state index in [1.54, 1.807) is 13.2 Å². The van der Waals surface area contributed by atoms with Gasteiger partial charge in [-0.2, -0.15) is 0 Å². The molecule has 0 radical (unpaired) electrons. The average Bonchev–Trinajstić information content (AvgIpc) is 2.42. The van der Waals surface area contributed by atoms with Crippen molar-refractivity contribution in [3.63, 3.8) is 0 Å². The molecule has 1 rings (SSSR count). The minimum atomic E-state index is -3.77. The number of rotatable bonds is 8. The van der Waals surface area contributed by atoms with Crippen LogP contribution in [0.3, 0.4) is 0 Å². The zero-order chi connectivity index (χ0) is 16.0. The molecule has 118 valence electrons. The van der Waals surface area contributed by atoms with Crippen LogP contribution in [0, 0.1) is 0 Å². The topological polar surface area (TPSA) is 101 Å². The second-order valence-corrected chi connectivity index (χ2v) is 7.80. The molecule has 0 amide bonds. The van der Waals surface area contributed by atoms with Crippen LogP contribution in [0.2, 0.25) is 0 Å². The van der Waals surface area contributed by atoms with Gasteiger partial charge in [0.05, 0.1) is 10.5 Å². The molecule has 1 unspecified atom stereocenters. The number of aromatic carboxylic acids is 1. The number of nitrogens with one attached hydrogen (secondary N) is 1. The molecule has 0 bridgehead atoms. The van der Waals surface area contributed by atoms with Crippen molar-refractivity contribution in [1.82, 2.24) is 4.72 Å². The summed E-state index contributed by atoms with van der Waals surface area (Å²) in [6, 6.07) is 4.07. The smallest absolute Gasteiger partial charge is 0.335 e. The van der Waals surface area contributed by atoms with Crippen LogP contribution in [0.15, 0.2) is 23.1 Å². The summed E-state index contributed by atoms with van der Waals surface area (Å²) in [6.45, 7) is 1.97. The van der Waals surface area contributed by atoms with Crippen LogP contribution >= 0.6 is 0 Å². The maximum Gasteiger partial charge on any atom is 0.335 e. The van der Waals surface area contributed by atoms with Gasteiger partial charge in [-0.25, -0.2) is 17.9 Å². The molecule has 2 N–H and O–H groups in total. The van der Waals surface area contributed by atoms with Crippen molar-refractivity contribution in [2.75, 3.05) is 18.6 Å². The van der Waals surface area contributed by atoms with E-state index in [1.165, 1.54) is 18.2 Å². The lowest BCUT2D eigenvalue weighted by Crippen LogP contribution is -2.27. The fourth-order valence-electron chi connectivity index (χ4n) is 1.79. The molecule has 0 aromatic heterocycles. The summed E-state index contributed by atoms with van der Waals surface area (Å²) in [4.78, 5) is 11.0. The molecule has 0 saturated carbocycles. The number of carboxylic acid groups (broad SMARTS) is 1. The van der Waals surface area contributed by atoms with Gasteiger partial charge in [0.1, 0.15) is 0 Å². The van der Waals surface area contributed by atoms with Gasteiger partial charge in [-0.3, -0.25) is 4.21 Å². The molecule has 0 aliphatic carbocycles. The summed E-state index contributed by atoms with van der Waals surface area (Å²) in [7, 11) is -4.74. The Morgan fingerprint density at radius 1 is 1.38 bits per heavy atom. The Morgan fingerprint density at radius 2 is 2.05 bits per heavy atom. The van der Waals surface area contributed by atoms with Gasteiger partial charge < -0.3 is 5.11 Å². The second-order valence-electron chi connectivity index (χ2n) is 4.51. The SMILES string of the molecule is CCc1ccc(C(=O)O)cc1S(=O)(=O)NCCCS(C)=O. The first-order valence-corrected chi connectivity index (χ1v) is 9.65. The van der Waals surface area contributed by atoms with Gasteiger partial charge in [-0.1, -0.05) is 13.0 Å². The Kier molecular flexibility index (Phi) is 6.50. The van der Waals surface area contributed by atoms with Crippen LogP contribution in [-0.2, 0) is 27.2 Å². The third-order valence-electron chi connectivity index (χ3n) is 2.89. The Bertz CT molecular complexity index is 640. The predicted octanol–water partition coefficient (Wildman–Crippen LogP) is 0.994. The van der Waals surface area contributed by atoms with Gasteiger partial charge >= 0.3 is 5.97 Å². The highest BCUT2D eigenvalue weighted by molar-refractivity contribution is 7.89. The Labute approximate surface area is 127 Å². The van der Waals surface area contributed by atoms with Gasteiger partial charge in [0.25, 0.3) is 0 Å². The molecule has 0 aliphatic heterocycles. The number of sulfonamides is 1. The normalized spacial score (nSPS) is 13.0. The summed E-state index contributed by atoms with van der Waals surface area (Å²) >= 11 is 0. The van der Waals surface area contributed by atoms with Crippen LogP contribution in [0.5, 0.6) is 0 Å². The third kappa shape index (κ3) is 5.22. The van der Waals surface area contributed by atoms with Crippen molar-refractivity contribution in [2.24, 2.45) is 0 Å². The van der Waals surface area contributed by atoms with Crippen LogP contribution in [0.1, 0.15) is 29.3 Å². The molecule has 0 heterocycles. The summed E-state index contributed by atoms with van der Waals surface area (Å²) < 4.78 is 37.8. The first kappa shape index (κ1) is 17.8. The fourth-order valence-corrected chi connectivity index (χ4v) is 3.75. The van der Waals surface area contributed by atoms with Gasteiger partial charge in [-0.15, -0.1) is 0 Å². The van der Waals surface area contributed by atoms with Crippen molar-refractivity contribution in [3.05, 3.63) is 29.3 Å². The maximum atomic E-state index is 12.3. The van der Waals surface area contributed by atoms with E-state index in [-0.39, 0.29) is 17.0 Å². The molecule has 8 heteroatoms. The molecule has 1 aromatic rings. The Hall–Kier alpha value is -1.25. The van der Waals surface area contributed by atoms with Crippen molar-refractivity contribution < 1.29 is 22.5 Å². The Balaban J connectivity index is 2.97. The van der Waals surface area contributed by atoms with Crippen molar-refractivity contribution in [1.29, 1.82) is 0 Å². The summed E-state index contributed by atoms with van der Waals surface area (Å²) in [5, 5.41) is 8.96. The molecule has 1 atom stereocenters. The predicted molar refractivity (Wildman–Crippen MR) is 81.5 cm³/mol. The first-order chi connectivity index (χ1) is 9.77. The number of benzene rings is 1. The van der Waals surface area contributed by atoms with Crippen molar-refractivity contribution >= 4 is 26.8 Å². The van der Waals surface area contributed by atoms with Crippen LogP contribution in [0.4, 0.5) is 0 Å². The van der Waals surface area contributed by atoms with E-state index in [2.05, 4.69) is 4.72 Å². The standard InChI is InChI=1S/C13H19NO5S2/c1-3-10-5-6-11(13(15)16)9-12(10)21(18,19)14-7-4-8-20(2)17/h5-6,9,14H,3-4,7-8H2,1-2H3,(H,15,16). The number of aryl methyl sites for hydroxylation is 1. The maximum absolute atomic E-state index is 12.3. The van der Waals surface area contributed by atoms with E-state index >= 15 is 0 Å². The summed E-state index contributed by atoms with van der Waals surface area (Å²) in [6.07, 6.45) is 2.50. The first-order valence-electron chi connectivity index (χ1n) is 6.44. The zero-order valence-corrected chi connectivity index (χ0v) is 13.6. The van der Waals surface area contributed by atoms with Crippen molar-refractivity contribution in [2.45, 2.75) is 24.7 Å². The lowest BCUT2D eigenvalue weighted by atomic mass is 10.1. The zero-order valence-electron chi connectivity index (χ0n) is 12.0. The molecule has 1 aromatic carbocycles. The van der Waals surface area contributed by atoms with E-state index in [9.17, 15) is 17.4 Å². The second kappa shape index (κ2) is 7.67. The number of carboxylic acids is 1. The van der Waals surface area contributed by atoms with E-state index in [4.69, 9.17) is 5.11 Å². The van der Waals surface area contributed by atoms with E-state index in [0.717, 1.165) is 0 Å².